The quantitative estimate of drug-likeness (QED) is 0.129. The number of anilines is 2. The highest BCUT2D eigenvalue weighted by molar-refractivity contribution is 6.11. The number of aromatic amines is 1. The Bertz CT molecular complexity index is 1740. The molecule has 1 atom stereocenters. The average Bonchev–Trinajstić information content (AvgIpc) is 3.47. The Morgan fingerprint density at radius 3 is 2.49 bits per heavy atom. The number of hydrogen-bond donors (Lipinski definition) is 2. The van der Waals surface area contributed by atoms with E-state index in [0.29, 0.717) is 40.4 Å². The number of unbranched alkanes of at least 4 members (excludes halogenated alkanes) is 1. The molecule has 0 aliphatic carbocycles. The largest absolute Gasteiger partial charge is 0.496 e. The number of likely N-dealkylation sites (N-methyl/N-ethyl adjacent to an activating group) is 1. The molecule has 0 saturated carbocycles. The van der Waals surface area contributed by atoms with E-state index in [1.54, 1.807) is 36.2 Å². The topological polar surface area (TPSA) is 120 Å². The average molecular weight is 714 g/mol. The predicted octanol–water partition coefficient (Wildman–Crippen LogP) is 5.92. The second-order valence-electron chi connectivity index (χ2n) is 12.1. The molecule has 0 spiro atoms. The van der Waals surface area contributed by atoms with E-state index in [-0.39, 0.29) is 48.4 Å². The number of ether oxygens (including phenoxy) is 2. The Kier molecular flexibility index (Phi) is 14.4. The summed E-state index contributed by atoms with van der Waals surface area (Å²) in [5.74, 6) is 0.981. The highest BCUT2D eigenvalue weighted by Crippen LogP contribution is 2.31. The Balaban J connectivity index is 0.00000325. The number of aldehydes is 1. The van der Waals surface area contributed by atoms with Crippen LogP contribution in [0.3, 0.4) is 0 Å². The molecule has 1 unspecified atom stereocenters. The van der Waals surface area contributed by atoms with Gasteiger partial charge in [-0.25, -0.2) is 4.98 Å². The van der Waals surface area contributed by atoms with Crippen molar-refractivity contribution >= 4 is 65.3 Å². The van der Waals surface area contributed by atoms with Crippen LogP contribution in [0.25, 0.3) is 11.0 Å². The lowest BCUT2D eigenvalue weighted by Gasteiger charge is -2.35. The van der Waals surface area contributed by atoms with Gasteiger partial charge in [-0.1, -0.05) is 12.1 Å². The highest BCUT2D eigenvalue weighted by atomic mass is 35.5. The second kappa shape index (κ2) is 18.0. The van der Waals surface area contributed by atoms with Crippen LogP contribution in [0.1, 0.15) is 51.4 Å². The number of hydrogen-bond acceptors (Lipinski definition) is 8. The number of H-pyrrole nitrogens is 1. The van der Waals surface area contributed by atoms with E-state index in [9.17, 15) is 14.4 Å². The van der Waals surface area contributed by atoms with Crippen molar-refractivity contribution in [2.24, 2.45) is 0 Å². The fraction of sp³-hybridized carbons (Fsp3) is 0.389. The molecule has 1 aliphatic rings. The summed E-state index contributed by atoms with van der Waals surface area (Å²) in [6, 6.07) is 16.0. The van der Waals surface area contributed by atoms with E-state index >= 15 is 0 Å². The maximum Gasteiger partial charge on any atom is 0.259 e. The van der Waals surface area contributed by atoms with Crippen LogP contribution in [-0.4, -0.2) is 97.9 Å². The number of rotatable bonds is 13. The molecule has 1 fully saturated rings. The van der Waals surface area contributed by atoms with Crippen molar-refractivity contribution in [2.45, 2.75) is 39.2 Å². The Hall–Kier alpha value is -4.16. The van der Waals surface area contributed by atoms with Crippen LogP contribution in [0.15, 0.2) is 54.6 Å². The summed E-state index contributed by atoms with van der Waals surface area (Å²) in [6.07, 6.45) is 3.52. The Morgan fingerprint density at radius 1 is 1.02 bits per heavy atom. The number of carbonyl (C=O) groups is 3. The maximum absolute atomic E-state index is 13.7. The molecule has 2 N–H and O–H groups in total. The zero-order valence-electron chi connectivity index (χ0n) is 28.7. The number of methoxy groups -OCH3 is 1. The second-order valence-corrected chi connectivity index (χ2v) is 12.1. The predicted molar refractivity (Wildman–Crippen MR) is 198 cm³/mol. The summed E-state index contributed by atoms with van der Waals surface area (Å²) in [4.78, 5) is 52.5. The number of amides is 2. The van der Waals surface area contributed by atoms with Crippen LogP contribution < -0.4 is 19.7 Å². The molecule has 11 nitrogen and oxygen atoms in total. The van der Waals surface area contributed by atoms with Crippen molar-refractivity contribution in [1.82, 2.24) is 19.8 Å². The normalized spacial score (nSPS) is 13.9. The van der Waals surface area contributed by atoms with Crippen molar-refractivity contribution in [3.8, 4) is 11.5 Å². The molecule has 0 bridgehead atoms. The first-order valence-corrected chi connectivity index (χ1v) is 16.0. The molecule has 1 aliphatic heterocycles. The number of carbonyl (C=O) groups excluding carboxylic acids is 3. The maximum atomic E-state index is 13.7. The van der Waals surface area contributed by atoms with Gasteiger partial charge in [0, 0.05) is 38.8 Å². The minimum absolute atomic E-state index is 0. The lowest BCUT2D eigenvalue weighted by atomic mass is 10.1. The number of aryl methyl sites for hydroxylation is 2. The molecule has 264 valence electrons. The monoisotopic (exact) mass is 712 g/mol. The van der Waals surface area contributed by atoms with Gasteiger partial charge in [0.2, 0.25) is 0 Å². The zero-order valence-corrected chi connectivity index (χ0v) is 30.3. The number of para-hydroxylation sites is 1. The summed E-state index contributed by atoms with van der Waals surface area (Å²) >= 11 is 0. The van der Waals surface area contributed by atoms with Crippen molar-refractivity contribution < 1.29 is 23.9 Å². The summed E-state index contributed by atoms with van der Waals surface area (Å²) in [6.45, 7) is 8.08. The third-order valence-electron chi connectivity index (χ3n) is 8.67. The van der Waals surface area contributed by atoms with Gasteiger partial charge in [-0.05, 0) is 88.2 Å². The molecular formula is C36H46Cl2N6O5. The van der Waals surface area contributed by atoms with Gasteiger partial charge < -0.3 is 34.4 Å². The standard InChI is InChI=1S/C36H44N6O5.2ClH/c1-24-12-15-31(33(21-24)47-20-7-6-9-27(23-43)42-18-16-40(3)17-19-42)41(4)36(45)26-13-14-28(32(22-26)46-5)35(44)39-30-11-8-10-29-34(30)38-25(2)37-29;;/h8,10-15,21-23,27H,6-7,9,16-20H2,1-5H3,(H,37,38)(H,39,44);2*1H. The van der Waals surface area contributed by atoms with Gasteiger partial charge in [0.25, 0.3) is 11.8 Å². The van der Waals surface area contributed by atoms with Crippen molar-refractivity contribution in [2.75, 3.05) is 64.2 Å². The van der Waals surface area contributed by atoms with Crippen LogP contribution in [0.5, 0.6) is 11.5 Å². The van der Waals surface area contributed by atoms with Crippen molar-refractivity contribution in [3.63, 3.8) is 0 Å². The van der Waals surface area contributed by atoms with E-state index < -0.39 is 0 Å². The summed E-state index contributed by atoms with van der Waals surface area (Å²) in [7, 11) is 5.27. The van der Waals surface area contributed by atoms with E-state index in [0.717, 1.165) is 68.6 Å². The number of nitrogens with zero attached hydrogens (tertiary/aromatic N) is 4. The SMILES string of the molecule is COc1cc(C(=O)N(C)c2ccc(C)cc2OCCCCC(C=O)N2CCN(C)CC2)ccc1C(=O)Nc1cccc2[nH]c(C)nc12.Cl.Cl. The minimum Gasteiger partial charge on any atom is -0.496 e. The van der Waals surface area contributed by atoms with Crippen LogP contribution in [0.2, 0.25) is 0 Å². The summed E-state index contributed by atoms with van der Waals surface area (Å²) in [5, 5.41) is 2.92. The van der Waals surface area contributed by atoms with Crippen LogP contribution >= 0.6 is 24.8 Å². The molecule has 1 aromatic heterocycles. The molecule has 3 aromatic carbocycles. The van der Waals surface area contributed by atoms with E-state index in [1.807, 2.05) is 44.2 Å². The Labute approximate surface area is 300 Å². The fourth-order valence-corrected chi connectivity index (χ4v) is 5.90. The number of halogens is 2. The van der Waals surface area contributed by atoms with Crippen LogP contribution in [0.4, 0.5) is 11.4 Å². The minimum atomic E-state index is -0.375. The number of piperazine rings is 1. The van der Waals surface area contributed by atoms with Gasteiger partial charge >= 0.3 is 0 Å². The van der Waals surface area contributed by atoms with Gasteiger partial charge in [-0.15, -0.1) is 24.8 Å². The molecule has 5 rings (SSSR count). The van der Waals surface area contributed by atoms with Gasteiger partial charge in [0.1, 0.15) is 29.1 Å². The van der Waals surface area contributed by atoms with Gasteiger partial charge in [-0.2, -0.15) is 0 Å². The number of fused-ring (bicyclic) bond motifs is 1. The highest BCUT2D eigenvalue weighted by Gasteiger charge is 2.23. The summed E-state index contributed by atoms with van der Waals surface area (Å²) < 4.78 is 11.7. The van der Waals surface area contributed by atoms with Crippen LogP contribution in [0, 0.1) is 13.8 Å². The molecular weight excluding hydrogens is 667 g/mol. The van der Waals surface area contributed by atoms with E-state index in [4.69, 9.17) is 9.47 Å². The number of nitrogens with one attached hydrogen (secondary N) is 2. The molecule has 2 heterocycles. The number of benzene rings is 3. The first kappa shape index (κ1) is 39.3. The smallest absolute Gasteiger partial charge is 0.259 e. The van der Waals surface area contributed by atoms with Gasteiger partial charge in [-0.3, -0.25) is 14.5 Å². The van der Waals surface area contributed by atoms with Crippen molar-refractivity contribution in [1.29, 1.82) is 0 Å². The zero-order chi connectivity index (χ0) is 33.5. The molecule has 2 amide bonds. The third kappa shape index (κ3) is 9.51. The molecule has 0 radical (unpaired) electrons. The number of aromatic nitrogens is 2. The van der Waals surface area contributed by atoms with Crippen LogP contribution in [-0.2, 0) is 4.79 Å². The molecule has 49 heavy (non-hydrogen) atoms. The molecule has 13 heteroatoms. The molecule has 4 aromatic rings. The first-order valence-electron chi connectivity index (χ1n) is 16.0. The van der Waals surface area contributed by atoms with Crippen molar-refractivity contribution in [3.05, 3.63) is 77.1 Å². The number of imidazole rings is 1. The Morgan fingerprint density at radius 2 is 1.78 bits per heavy atom. The van der Waals surface area contributed by atoms with Gasteiger partial charge in [0.05, 0.1) is 42.2 Å². The summed E-state index contributed by atoms with van der Waals surface area (Å²) in [5.41, 5.74) is 4.36. The van der Waals surface area contributed by atoms with E-state index in [2.05, 4.69) is 32.1 Å². The third-order valence-corrected chi connectivity index (χ3v) is 8.67. The van der Waals surface area contributed by atoms with E-state index in [1.165, 1.54) is 7.11 Å². The lowest BCUT2D eigenvalue weighted by molar-refractivity contribution is -0.113. The van der Waals surface area contributed by atoms with Gasteiger partial charge in [0.15, 0.2) is 0 Å². The lowest BCUT2D eigenvalue weighted by Crippen LogP contribution is -2.49. The first-order chi connectivity index (χ1) is 22.7. The molecule has 1 saturated heterocycles. The fourth-order valence-electron chi connectivity index (χ4n) is 5.90.